The number of aryl methyl sites for hydroxylation is 1. The fourth-order valence-corrected chi connectivity index (χ4v) is 10.3. The van der Waals surface area contributed by atoms with Gasteiger partial charge in [0.2, 0.25) is 5.91 Å². The van der Waals surface area contributed by atoms with Gasteiger partial charge in [-0.2, -0.15) is 0 Å². The van der Waals surface area contributed by atoms with Gasteiger partial charge in [-0.3, -0.25) is 9.59 Å². The van der Waals surface area contributed by atoms with Crippen molar-refractivity contribution in [2.24, 2.45) is 11.3 Å². The predicted octanol–water partition coefficient (Wildman–Crippen LogP) is 4.08. The van der Waals surface area contributed by atoms with Gasteiger partial charge in [0.05, 0.1) is 22.9 Å². The first-order chi connectivity index (χ1) is 30.1. The van der Waals surface area contributed by atoms with Crippen LogP contribution in [0.1, 0.15) is 62.3 Å². The number of carbonyl (C=O) groups excluding carboxylic acids is 1. The minimum Gasteiger partial charge on any atom is -0.508 e. The third kappa shape index (κ3) is 7.52. The number of aromatic nitrogens is 2. The smallest absolute Gasteiger partial charge is 0.226 e. The summed E-state index contributed by atoms with van der Waals surface area (Å²) in [5, 5.41) is 80.6. The van der Waals surface area contributed by atoms with Crippen molar-refractivity contribution < 1.29 is 59.5 Å². The van der Waals surface area contributed by atoms with Gasteiger partial charge in [-0.05, 0) is 92.8 Å². The fraction of sp³-hybridized carbons (Fsp3) is 0.447. The molecule has 3 aromatic carbocycles. The van der Waals surface area contributed by atoms with Crippen molar-refractivity contribution in [3.8, 4) is 22.9 Å². The number of ether oxygens (including phenoxy) is 1. The molecule has 63 heavy (non-hydrogen) atoms. The minimum atomic E-state index is -2.41. The van der Waals surface area contributed by atoms with Crippen LogP contribution in [0.5, 0.6) is 17.2 Å². The number of H-pyrrole nitrogens is 1. The third-order valence-corrected chi connectivity index (χ3v) is 13.9. The molecular weight excluding hydrogens is 815 g/mol. The van der Waals surface area contributed by atoms with Crippen LogP contribution in [0.3, 0.4) is 0 Å². The Hall–Kier alpha value is -5.46. The number of hydrogen-bond donors (Lipinski definition) is 9. The Morgan fingerprint density at radius 1 is 1.00 bits per heavy atom. The summed E-state index contributed by atoms with van der Waals surface area (Å²) in [5.74, 6) is 0.760. The molecule has 3 aliphatic rings. The lowest BCUT2D eigenvalue weighted by Gasteiger charge is -2.43. The van der Waals surface area contributed by atoms with Crippen molar-refractivity contribution in [1.82, 2.24) is 14.9 Å². The van der Waals surface area contributed by atoms with Gasteiger partial charge in [-0.25, -0.2) is 9.78 Å². The van der Waals surface area contributed by atoms with Crippen molar-refractivity contribution >= 4 is 38.6 Å². The summed E-state index contributed by atoms with van der Waals surface area (Å²) in [4.78, 5) is 42.3. The number of aliphatic hydroxyl groups excluding tert-OH is 4. The topological polar surface area (TPSA) is 249 Å². The molecule has 6 aromatic rings. The molecule has 16 nitrogen and oxygen atoms in total. The second-order valence-corrected chi connectivity index (χ2v) is 18.0. The van der Waals surface area contributed by atoms with E-state index in [9.17, 15) is 45.3 Å². The molecule has 16 heteroatoms. The van der Waals surface area contributed by atoms with Crippen LogP contribution in [0.2, 0.25) is 0 Å². The lowest BCUT2D eigenvalue weighted by atomic mass is 9.72. The Morgan fingerprint density at radius 2 is 1.79 bits per heavy atom. The molecule has 5 heterocycles. The monoisotopic (exact) mass is 867 g/mol. The zero-order chi connectivity index (χ0) is 44.4. The number of aromatic amines is 1. The summed E-state index contributed by atoms with van der Waals surface area (Å²) in [6.07, 6.45) is 2.96. The number of benzene rings is 3. The van der Waals surface area contributed by atoms with Gasteiger partial charge in [0, 0.05) is 60.4 Å². The van der Waals surface area contributed by atoms with E-state index in [-0.39, 0.29) is 35.2 Å². The largest absolute Gasteiger partial charge is 0.508 e. The number of amides is 1. The molecule has 1 spiro atoms. The summed E-state index contributed by atoms with van der Waals surface area (Å²) in [6.45, 7) is 2.42. The highest BCUT2D eigenvalue weighted by Crippen LogP contribution is 2.51. The van der Waals surface area contributed by atoms with Crippen LogP contribution in [0, 0.1) is 18.3 Å². The molecule has 3 aromatic heterocycles. The average Bonchev–Trinajstić information content (AvgIpc) is 4.07. The maximum Gasteiger partial charge on any atom is 0.226 e. The first-order valence-corrected chi connectivity index (χ1v) is 21.5. The van der Waals surface area contributed by atoms with E-state index < -0.39 is 60.7 Å². The standard InChI is InChI=1S/C47H53N3O13/c1-25-15-36(54)33-16-28-17-38(63-60-24-47(59,43(57)40(56)37(55)23-51)19-26-5-8-35(53)31-7-6-30(52)18-32(26)31)45(2,13-9-29-20-49-44(58)46(29)11-3-4-12-46)62-41(28)39(42(33)61-25)50-21-27-10-14-48-34(27)22-50/h5-8,10,14-16,18,21-22,29,37-38,40,43,48,51-53,55-57,59H,3-4,9,11-13,17,19-20,23-24H2,1-2H3,(H,49,58). The number of carbonyl (C=O) groups is 1. The molecule has 1 amide bonds. The van der Waals surface area contributed by atoms with Gasteiger partial charge < -0.3 is 59.8 Å². The van der Waals surface area contributed by atoms with Crippen molar-refractivity contribution in [2.45, 2.75) is 101 Å². The van der Waals surface area contributed by atoms with Crippen LogP contribution >= 0.6 is 0 Å². The van der Waals surface area contributed by atoms with Crippen molar-refractivity contribution in [2.75, 3.05) is 19.8 Å². The molecule has 334 valence electrons. The van der Waals surface area contributed by atoms with E-state index in [0.29, 0.717) is 69.5 Å². The highest BCUT2D eigenvalue weighted by atomic mass is 17.2. The molecule has 9 N–H and O–H groups in total. The van der Waals surface area contributed by atoms with Crippen LogP contribution in [0.4, 0.5) is 0 Å². The van der Waals surface area contributed by atoms with Gasteiger partial charge in [0.25, 0.3) is 0 Å². The van der Waals surface area contributed by atoms with Crippen molar-refractivity contribution in [1.29, 1.82) is 0 Å². The zero-order valence-electron chi connectivity index (χ0n) is 35.0. The Kier molecular flexibility index (Phi) is 11.1. The van der Waals surface area contributed by atoms with Crippen LogP contribution < -0.4 is 15.5 Å². The van der Waals surface area contributed by atoms with Crippen LogP contribution in [-0.4, -0.2) is 107 Å². The number of nitrogens with zero attached hydrogens (tertiary/aromatic N) is 1. The number of fused-ring (bicyclic) bond motifs is 4. The SMILES string of the molecule is Cc1cc(=O)c2cc3c(c(-n4cc5cc[nH]c5c4)c2o1)OC(C)(CCC1CNC(=O)C12CCCC2)C(OOCC(O)(Cc1ccc(O)c2ccc(O)cc12)C(O)C(O)C(O)CO)C3. The maximum absolute atomic E-state index is 13.6. The minimum absolute atomic E-state index is 0.0252. The Labute approximate surface area is 361 Å². The van der Waals surface area contributed by atoms with E-state index in [1.165, 1.54) is 36.4 Å². The number of hydrogen-bond acceptors (Lipinski definition) is 13. The Bertz CT molecular complexity index is 2730. The molecule has 0 radical (unpaired) electrons. The van der Waals surface area contributed by atoms with E-state index in [4.69, 9.17) is 18.9 Å². The summed E-state index contributed by atoms with van der Waals surface area (Å²) >= 11 is 0. The molecule has 1 saturated carbocycles. The summed E-state index contributed by atoms with van der Waals surface area (Å²) in [6, 6.07) is 12.2. The molecule has 7 unspecified atom stereocenters. The van der Waals surface area contributed by atoms with Crippen LogP contribution in [0.25, 0.3) is 38.3 Å². The van der Waals surface area contributed by atoms with Gasteiger partial charge in [-0.1, -0.05) is 18.9 Å². The Morgan fingerprint density at radius 3 is 2.56 bits per heavy atom. The molecule has 7 atom stereocenters. The van der Waals surface area contributed by atoms with Crippen molar-refractivity contribution in [3.63, 3.8) is 0 Å². The first kappa shape index (κ1) is 42.8. The fourth-order valence-electron chi connectivity index (χ4n) is 10.3. The van der Waals surface area contributed by atoms with E-state index in [2.05, 4.69) is 10.3 Å². The molecule has 0 bridgehead atoms. The second kappa shape index (κ2) is 16.3. The summed E-state index contributed by atoms with van der Waals surface area (Å²) in [5.41, 5.74) is -1.65. The predicted molar refractivity (Wildman–Crippen MR) is 230 cm³/mol. The van der Waals surface area contributed by atoms with Crippen molar-refractivity contribution in [3.05, 3.63) is 94.2 Å². The quantitative estimate of drug-likeness (QED) is 0.0554. The van der Waals surface area contributed by atoms with E-state index in [1.54, 1.807) is 13.0 Å². The number of rotatable bonds is 14. The highest BCUT2D eigenvalue weighted by molar-refractivity contribution is 5.93. The zero-order valence-corrected chi connectivity index (χ0v) is 35.0. The number of nitrogens with one attached hydrogen (secondary N) is 2. The molecular formula is C47H53N3O13. The maximum atomic E-state index is 13.6. The molecule has 1 saturated heterocycles. The molecule has 2 fully saturated rings. The lowest BCUT2D eigenvalue weighted by Crippen LogP contribution is -2.58. The third-order valence-electron chi connectivity index (χ3n) is 13.9. The molecule has 2 aliphatic heterocycles. The van der Waals surface area contributed by atoms with Crippen LogP contribution in [-0.2, 0) is 27.4 Å². The van der Waals surface area contributed by atoms with E-state index in [0.717, 1.165) is 36.6 Å². The summed E-state index contributed by atoms with van der Waals surface area (Å²) in [7, 11) is 0. The molecule has 9 rings (SSSR count). The van der Waals surface area contributed by atoms with Gasteiger partial charge >= 0.3 is 0 Å². The molecule has 1 aliphatic carbocycles. The van der Waals surface area contributed by atoms with Crippen LogP contribution in [0.15, 0.2) is 76.3 Å². The highest BCUT2D eigenvalue weighted by Gasteiger charge is 2.53. The lowest BCUT2D eigenvalue weighted by molar-refractivity contribution is -0.371. The normalized spacial score (nSPS) is 23.2. The summed E-state index contributed by atoms with van der Waals surface area (Å²) < 4.78 is 15.3. The number of phenolic OH excluding ortho intramolecular Hbond substituents is 2. The van der Waals surface area contributed by atoms with Gasteiger partial charge in [0.15, 0.2) is 16.8 Å². The van der Waals surface area contributed by atoms with E-state index in [1.807, 2.05) is 36.1 Å². The number of aromatic hydroxyl groups is 2. The first-order valence-electron chi connectivity index (χ1n) is 21.5. The number of aliphatic hydroxyl groups is 5. The van der Waals surface area contributed by atoms with Gasteiger partial charge in [0.1, 0.15) is 65.2 Å². The Balaban J connectivity index is 1.09. The second-order valence-electron chi connectivity index (χ2n) is 18.0. The van der Waals surface area contributed by atoms with Gasteiger partial charge in [-0.15, -0.1) is 0 Å². The number of phenols is 2. The van der Waals surface area contributed by atoms with E-state index >= 15 is 0 Å². The average molecular weight is 868 g/mol.